The second-order valence-electron chi connectivity index (χ2n) is 4.18. The molecule has 2 rings (SSSR count). The van der Waals surface area contributed by atoms with Gasteiger partial charge in [0, 0.05) is 5.69 Å². The minimum Gasteiger partial charge on any atom is -0.338 e. The third-order valence-corrected chi connectivity index (χ3v) is 2.83. The van der Waals surface area contributed by atoms with Crippen molar-refractivity contribution in [2.75, 3.05) is 5.32 Å². The summed E-state index contributed by atoms with van der Waals surface area (Å²) in [7, 11) is 0. The molecule has 0 radical (unpaired) electrons. The average molecular weight is 266 g/mol. The molecule has 18 heavy (non-hydrogen) atoms. The summed E-state index contributed by atoms with van der Waals surface area (Å²) in [6.45, 7) is 5.51. The van der Waals surface area contributed by atoms with Crippen LogP contribution in [0, 0.1) is 26.6 Å². The summed E-state index contributed by atoms with van der Waals surface area (Å²) >= 11 is 6.00. The largest absolute Gasteiger partial charge is 0.338 e. The lowest BCUT2D eigenvalue weighted by Crippen LogP contribution is -2.01. The Kier molecular flexibility index (Phi) is 3.48. The van der Waals surface area contributed by atoms with Gasteiger partial charge >= 0.3 is 0 Å². The smallest absolute Gasteiger partial charge is 0.172 e. The maximum atomic E-state index is 13.3. The van der Waals surface area contributed by atoms with E-state index < -0.39 is 0 Å². The Morgan fingerprint density at radius 3 is 2.39 bits per heavy atom. The lowest BCUT2D eigenvalue weighted by molar-refractivity contribution is 0.627. The molecule has 1 aromatic carbocycles. The summed E-state index contributed by atoms with van der Waals surface area (Å²) in [6, 6.07) is 4.66. The normalized spacial score (nSPS) is 10.5. The van der Waals surface area contributed by atoms with E-state index in [0.717, 1.165) is 17.0 Å². The second-order valence-corrected chi connectivity index (χ2v) is 4.53. The van der Waals surface area contributed by atoms with E-state index >= 15 is 0 Å². The fourth-order valence-electron chi connectivity index (χ4n) is 1.60. The van der Waals surface area contributed by atoms with E-state index in [4.69, 9.17) is 11.6 Å². The quantitative estimate of drug-likeness (QED) is 0.894. The van der Waals surface area contributed by atoms with Gasteiger partial charge in [0.15, 0.2) is 11.0 Å². The average Bonchev–Trinajstić information content (AvgIpc) is 2.24. The molecule has 3 nitrogen and oxygen atoms in total. The third-order valence-electron chi connectivity index (χ3n) is 2.57. The van der Waals surface area contributed by atoms with E-state index in [1.807, 2.05) is 26.8 Å². The Morgan fingerprint density at radius 2 is 1.72 bits per heavy atom. The van der Waals surface area contributed by atoms with Crippen LogP contribution in [0.15, 0.2) is 18.2 Å². The molecule has 1 heterocycles. The number of aryl methyl sites for hydroxylation is 3. The molecule has 0 atom stereocenters. The standard InChI is InChI=1S/C13H13ClFN3/c1-7-4-10(15)6-11(5-7)18-13-12(14)16-8(2)9(3)17-13/h4-6H,1-3H3,(H,17,18). The van der Waals surface area contributed by atoms with Crippen molar-refractivity contribution in [3.8, 4) is 0 Å². The van der Waals surface area contributed by atoms with E-state index in [9.17, 15) is 4.39 Å². The minimum absolute atomic E-state index is 0.278. The van der Waals surface area contributed by atoms with Crippen molar-refractivity contribution in [2.24, 2.45) is 0 Å². The molecule has 5 heteroatoms. The van der Waals surface area contributed by atoms with E-state index in [0.29, 0.717) is 11.5 Å². The molecule has 1 N–H and O–H groups in total. The molecule has 2 aromatic rings. The van der Waals surface area contributed by atoms with Crippen molar-refractivity contribution < 1.29 is 4.39 Å². The number of anilines is 2. The van der Waals surface area contributed by atoms with Crippen LogP contribution in [-0.2, 0) is 0 Å². The predicted molar refractivity (Wildman–Crippen MR) is 70.9 cm³/mol. The Bertz CT molecular complexity index is 579. The first-order valence-electron chi connectivity index (χ1n) is 5.50. The maximum Gasteiger partial charge on any atom is 0.172 e. The fourth-order valence-corrected chi connectivity index (χ4v) is 1.82. The summed E-state index contributed by atoms with van der Waals surface area (Å²) in [4.78, 5) is 8.46. The SMILES string of the molecule is Cc1cc(F)cc(Nc2nc(C)c(C)nc2Cl)c1. The molecule has 0 fully saturated rings. The van der Waals surface area contributed by atoms with Crippen molar-refractivity contribution in [2.45, 2.75) is 20.8 Å². The molecule has 0 aliphatic heterocycles. The highest BCUT2D eigenvalue weighted by Gasteiger charge is 2.08. The highest BCUT2D eigenvalue weighted by atomic mass is 35.5. The van der Waals surface area contributed by atoms with Gasteiger partial charge in [-0.25, -0.2) is 14.4 Å². The van der Waals surface area contributed by atoms with E-state index in [2.05, 4.69) is 15.3 Å². The Labute approximate surface area is 110 Å². The van der Waals surface area contributed by atoms with Crippen molar-refractivity contribution in [1.29, 1.82) is 0 Å². The van der Waals surface area contributed by atoms with Gasteiger partial charge in [-0.3, -0.25) is 0 Å². The van der Waals surface area contributed by atoms with Crippen LogP contribution >= 0.6 is 11.6 Å². The summed E-state index contributed by atoms with van der Waals surface area (Å²) in [5, 5.41) is 3.25. The zero-order valence-electron chi connectivity index (χ0n) is 10.4. The molecular formula is C13H13ClFN3. The minimum atomic E-state index is -0.301. The number of hydrogen-bond donors (Lipinski definition) is 1. The predicted octanol–water partition coefficient (Wildman–Crippen LogP) is 3.94. The second kappa shape index (κ2) is 4.90. The molecule has 0 unspecified atom stereocenters. The Balaban J connectivity index is 2.36. The first-order valence-corrected chi connectivity index (χ1v) is 5.88. The number of halogens is 2. The summed E-state index contributed by atoms with van der Waals surface area (Å²) in [6.07, 6.45) is 0. The topological polar surface area (TPSA) is 37.8 Å². The van der Waals surface area contributed by atoms with Gasteiger partial charge < -0.3 is 5.32 Å². The molecule has 1 aromatic heterocycles. The number of hydrogen-bond acceptors (Lipinski definition) is 3. The molecule has 0 aliphatic carbocycles. The molecular weight excluding hydrogens is 253 g/mol. The summed E-state index contributed by atoms with van der Waals surface area (Å²) in [5.74, 6) is 0.134. The number of nitrogens with zero attached hydrogens (tertiary/aromatic N) is 2. The lowest BCUT2D eigenvalue weighted by atomic mass is 10.2. The molecule has 0 saturated heterocycles. The van der Waals surface area contributed by atoms with Crippen molar-refractivity contribution in [3.05, 3.63) is 46.1 Å². The van der Waals surface area contributed by atoms with Crippen molar-refractivity contribution in [1.82, 2.24) is 9.97 Å². The molecule has 0 aliphatic rings. The molecule has 0 spiro atoms. The first-order chi connectivity index (χ1) is 8.45. The summed E-state index contributed by atoms with van der Waals surface area (Å²) in [5.41, 5.74) is 2.99. The van der Waals surface area contributed by atoms with Crippen LogP contribution in [0.3, 0.4) is 0 Å². The van der Waals surface area contributed by atoms with Gasteiger partial charge in [-0.05, 0) is 44.5 Å². The van der Waals surface area contributed by atoms with Crippen LogP contribution < -0.4 is 5.32 Å². The first kappa shape index (κ1) is 12.8. The van der Waals surface area contributed by atoms with Gasteiger partial charge in [-0.2, -0.15) is 0 Å². The van der Waals surface area contributed by atoms with Crippen LogP contribution in [0.2, 0.25) is 5.15 Å². The van der Waals surface area contributed by atoms with Crippen LogP contribution in [0.5, 0.6) is 0 Å². The maximum absolute atomic E-state index is 13.3. The monoisotopic (exact) mass is 265 g/mol. The lowest BCUT2D eigenvalue weighted by Gasteiger charge is -2.10. The van der Waals surface area contributed by atoms with Gasteiger partial charge in [-0.15, -0.1) is 0 Å². The van der Waals surface area contributed by atoms with Crippen LogP contribution in [0.1, 0.15) is 17.0 Å². The molecule has 0 amide bonds. The number of benzene rings is 1. The molecule has 0 saturated carbocycles. The van der Waals surface area contributed by atoms with Gasteiger partial charge in [0.2, 0.25) is 0 Å². The van der Waals surface area contributed by atoms with Crippen LogP contribution in [0.4, 0.5) is 15.9 Å². The van der Waals surface area contributed by atoms with Gasteiger partial charge in [0.1, 0.15) is 5.82 Å². The zero-order valence-corrected chi connectivity index (χ0v) is 11.1. The van der Waals surface area contributed by atoms with Crippen molar-refractivity contribution >= 4 is 23.1 Å². The van der Waals surface area contributed by atoms with Gasteiger partial charge in [0.25, 0.3) is 0 Å². The summed E-state index contributed by atoms with van der Waals surface area (Å²) < 4.78 is 13.3. The van der Waals surface area contributed by atoms with Crippen LogP contribution in [-0.4, -0.2) is 9.97 Å². The third kappa shape index (κ3) is 2.76. The highest BCUT2D eigenvalue weighted by Crippen LogP contribution is 2.24. The fraction of sp³-hybridized carbons (Fsp3) is 0.231. The van der Waals surface area contributed by atoms with Gasteiger partial charge in [0.05, 0.1) is 11.4 Å². The molecule has 0 bridgehead atoms. The zero-order chi connectivity index (χ0) is 13.3. The Morgan fingerprint density at radius 1 is 1.06 bits per heavy atom. The number of nitrogens with one attached hydrogen (secondary N) is 1. The molecule has 94 valence electrons. The van der Waals surface area contributed by atoms with Gasteiger partial charge in [-0.1, -0.05) is 11.6 Å². The highest BCUT2D eigenvalue weighted by molar-refractivity contribution is 6.31. The van der Waals surface area contributed by atoms with E-state index in [1.165, 1.54) is 12.1 Å². The number of aromatic nitrogens is 2. The van der Waals surface area contributed by atoms with E-state index in [1.54, 1.807) is 0 Å². The Hall–Kier alpha value is -1.68. The van der Waals surface area contributed by atoms with E-state index in [-0.39, 0.29) is 11.0 Å². The van der Waals surface area contributed by atoms with Crippen LogP contribution in [0.25, 0.3) is 0 Å². The van der Waals surface area contributed by atoms with Crippen molar-refractivity contribution in [3.63, 3.8) is 0 Å². The number of rotatable bonds is 2.